The van der Waals surface area contributed by atoms with E-state index in [0.717, 1.165) is 38.3 Å². The SMILES string of the molecule is O=C(CCc1cccs1)NC[C@@H](c1cccnc1)N1CCOCC1. The molecule has 0 bridgehead atoms. The minimum absolute atomic E-state index is 0.102. The fraction of sp³-hybridized carbons (Fsp3) is 0.444. The molecule has 1 saturated heterocycles. The van der Waals surface area contributed by atoms with Crippen LogP contribution in [0.25, 0.3) is 0 Å². The molecule has 3 rings (SSSR count). The number of morpholine rings is 1. The van der Waals surface area contributed by atoms with Crippen LogP contribution in [0.2, 0.25) is 0 Å². The molecule has 0 saturated carbocycles. The third-order valence-electron chi connectivity index (χ3n) is 4.23. The summed E-state index contributed by atoms with van der Waals surface area (Å²) >= 11 is 1.70. The summed E-state index contributed by atoms with van der Waals surface area (Å²) < 4.78 is 5.45. The first kappa shape index (κ1) is 17.1. The molecule has 1 atom stereocenters. The lowest BCUT2D eigenvalue weighted by molar-refractivity contribution is -0.121. The average Bonchev–Trinajstić information content (AvgIpc) is 3.16. The largest absolute Gasteiger partial charge is 0.379 e. The van der Waals surface area contributed by atoms with Crippen LogP contribution in [0.1, 0.15) is 22.9 Å². The van der Waals surface area contributed by atoms with Crippen molar-refractivity contribution < 1.29 is 9.53 Å². The molecule has 128 valence electrons. The number of aryl methyl sites for hydroxylation is 1. The van der Waals surface area contributed by atoms with Crippen molar-refractivity contribution in [2.45, 2.75) is 18.9 Å². The highest BCUT2D eigenvalue weighted by molar-refractivity contribution is 7.09. The Balaban J connectivity index is 1.56. The summed E-state index contributed by atoms with van der Waals surface area (Å²) in [6.07, 6.45) is 5.00. The number of nitrogens with zero attached hydrogens (tertiary/aromatic N) is 2. The lowest BCUT2D eigenvalue weighted by Gasteiger charge is -2.34. The monoisotopic (exact) mass is 345 g/mol. The van der Waals surface area contributed by atoms with Gasteiger partial charge in [-0.1, -0.05) is 12.1 Å². The highest BCUT2D eigenvalue weighted by Gasteiger charge is 2.23. The highest BCUT2D eigenvalue weighted by Crippen LogP contribution is 2.20. The van der Waals surface area contributed by atoms with Gasteiger partial charge in [-0.15, -0.1) is 11.3 Å². The molecule has 2 aromatic rings. The molecule has 2 aromatic heterocycles. The van der Waals surface area contributed by atoms with Gasteiger partial charge in [0.2, 0.25) is 5.91 Å². The first-order chi connectivity index (χ1) is 11.8. The lowest BCUT2D eigenvalue weighted by atomic mass is 10.1. The minimum atomic E-state index is 0.102. The summed E-state index contributed by atoms with van der Waals surface area (Å²) in [6, 6.07) is 8.26. The van der Waals surface area contributed by atoms with E-state index in [2.05, 4.69) is 27.3 Å². The molecule has 0 radical (unpaired) electrons. The third kappa shape index (κ3) is 4.87. The number of thiophene rings is 1. The third-order valence-corrected chi connectivity index (χ3v) is 5.16. The van der Waals surface area contributed by atoms with Crippen molar-refractivity contribution in [3.05, 3.63) is 52.5 Å². The van der Waals surface area contributed by atoms with Crippen LogP contribution < -0.4 is 5.32 Å². The van der Waals surface area contributed by atoms with Crippen LogP contribution in [0.15, 0.2) is 42.0 Å². The number of ether oxygens (including phenoxy) is 1. The number of carbonyl (C=O) groups is 1. The Bertz CT molecular complexity index is 612. The van der Waals surface area contributed by atoms with Gasteiger partial charge in [0.15, 0.2) is 0 Å². The van der Waals surface area contributed by atoms with E-state index in [0.29, 0.717) is 13.0 Å². The number of rotatable bonds is 7. The zero-order chi connectivity index (χ0) is 16.6. The van der Waals surface area contributed by atoms with Crippen molar-refractivity contribution in [1.29, 1.82) is 0 Å². The van der Waals surface area contributed by atoms with Gasteiger partial charge in [0.25, 0.3) is 0 Å². The average molecular weight is 345 g/mol. The van der Waals surface area contributed by atoms with E-state index in [4.69, 9.17) is 4.74 Å². The molecular weight excluding hydrogens is 322 g/mol. The van der Waals surface area contributed by atoms with Crippen molar-refractivity contribution in [1.82, 2.24) is 15.2 Å². The Morgan fingerprint density at radius 1 is 1.33 bits per heavy atom. The molecule has 0 unspecified atom stereocenters. The van der Waals surface area contributed by atoms with Crippen LogP contribution in [0.5, 0.6) is 0 Å². The smallest absolute Gasteiger partial charge is 0.220 e. The summed E-state index contributed by atoms with van der Waals surface area (Å²) in [6.45, 7) is 3.84. The highest BCUT2D eigenvalue weighted by atomic mass is 32.1. The van der Waals surface area contributed by atoms with Gasteiger partial charge in [0, 0.05) is 43.3 Å². The van der Waals surface area contributed by atoms with E-state index in [1.54, 1.807) is 17.5 Å². The van der Waals surface area contributed by atoms with Gasteiger partial charge >= 0.3 is 0 Å². The van der Waals surface area contributed by atoms with Gasteiger partial charge in [0.1, 0.15) is 0 Å². The second kappa shape index (κ2) is 8.92. The summed E-state index contributed by atoms with van der Waals surface area (Å²) in [7, 11) is 0. The Labute approximate surface area is 146 Å². The molecule has 0 aliphatic carbocycles. The lowest BCUT2D eigenvalue weighted by Crippen LogP contribution is -2.43. The molecule has 3 heterocycles. The van der Waals surface area contributed by atoms with Gasteiger partial charge in [-0.2, -0.15) is 0 Å². The molecule has 1 aliphatic rings. The normalized spacial score (nSPS) is 16.7. The van der Waals surface area contributed by atoms with E-state index < -0.39 is 0 Å². The predicted octanol–water partition coefficient (Wildman–Crippen LogP) is 2.27. The van der Waals surface area contributed by atoms with E-state index in [1.165, 1.54) is 4.88 Å². The Kier molecular flexibility index (Phi) is 6.34. The van der Waals surface area contributed by atoms with E-state index >= 15 is 0 Å². The number of hydrogen-bond donors (Lipinski definition) is 1. The molecule has 1 amide bonds. The van der Waals surface area contributed by atoms with E-state index in [9.17, 15) is 4.79 Å². The maximum atomic E-state index is 12.2. The van der Waals surface area contributed by atoms with Crippen LogP contribution in [-0.2, 0) is 16.0 Å². The topological polar surface area (TPSA) is 54.5 Å². The molecule has 0 spiro atoms. The van der Waals surface area contributed by atoms with Crippen LogP contribution in [-0.4, -0.2) is 48.6 Å². The Hall–Kier alpha value is -1.76. The summed E-state index contributed by atoms with van der Waals surface area (Å²) in [4.78, 5) is 20.0. The summed E-state index contributed by atoms with van der Waals surface area (Å²) in [5, 5.41) is 5.14. The maximum Gasteiger partial charge on any atom is 0.220 e. The quantitative estimate of drug-likeness (QED) is 0.836. The number of carbonyl (C=O) groups excluding carboxylic acids is 1. The van der Waals surface area contributed by atoms with Crippen LogP contribution in [0.3, 0.4) is 0 Å². The second-order valence-corrected chi connectivity index (χ2v) is 6.87. The Morgan fingerprint density at radius 2 is 2.21 bits per heavy atom. The van der Waals surface area contributed by atoms with Crippen molar-refractivity contribution in [2.75, 3.05) is 32.8 Å². The number of nitrogens with one attached hydrogen (secondary N) is 1. The van der Waals surface area contributed by atoms with Crippen molar-refractivity contribution in [3.8, 4) is 0 Å². The summed E-state index contributed by atoms with van der Waals surface area (Å²) in [5.74, 6) is 0.102. The van der Waals surface area contributed by atoms with Gasteiger partial charge in [0.05, 0.1) is 19.3 Å². The first-order valence-electron chi connectivity index (χ1n) is 8.34. The second-order valence-electron chi connectivity index (χ2n) is 5.83. The number of amides is 1. The zero-order valence-corrected chi connectivity index (χ0v) is 14.5. The van der Waals surface area contributed by atoms with Crippen molar-refractivity contribution in [3.63, 3.8) is 0 Å². The number of hydrogen-bond acceptors (Lipinski definition) is 5. The summed E-state index contributed by atoms with van der Waals surface area (Å²) in [5.41, 5.74) is 1.14. The maximum absolute atomic E-state index is 12.2. The molecule has 6 heteroatoms. The fourth-order valence-corrected chi connectivity index (χ4v) is 3.62. The number of pyridine rings is 1. The molecule has 1 fully saturated rings. The standard InChI is InChI=1S/C18H23N3O2S/c22-18(6-5-16-4-2-12-24-16)20-14-17(15-3-1-7-19-13-15)21-8-10-23-11-9-21/h1-4,7,12-13,17H,5-6,8-11,14H2,(H,20,22)/t17-/m0/s1. The predicted molar refractivity (Wildman–Crippen MR) is 95.0 cm³/mol. The molecule has 5 nitrogen and oxygen atoms in total. The van der Waals surface area contributed by atoms with Crippen LogP contribution in [0.4, 0.5) is 0 Å². The Morgan fingerprint density at radius 3 is 2.92 bits per heavy atom. The van der Waals surface area contributed by atoms with Gasteiger partial charge in [-0.3, -0.25) is 14.7 Å². The van der Waals surface area contributed by atoms with Gasteiger partial charge in [-0.05, 0) is 29.5 Å². The fourth-order valence-electron chi connectivity index (χ4n) is 2.91. The first-order valence-corrected chi connectivity index (χ1v) is 9.21. The number of aromatic nitrogens is 1. The van der Waals surface area contributed by atoms with Crippen molar-refractivity contribution >= 4 is 17.2 Å². The minimum Gasteiger partial charge on any atom is -0.379 e. The molecule has 24 heavy (non-hydrogen) atoms. The zero-order valence-electron chi connectivity index (χ0n) is 13.7. The van der Waals surface area contributed by atoms with Crippen molar-refractivity contribution in [2.24, 2.45) is 0 Å². The van der Waals surface area contributed by atoms with Crippen LogP contribution in [0, 0.1) is 0 Å². The van der Waals surface area contributed by atoms with Gasteiger partial charge < -0.3 is 10.1 Å². The molecule has 0 aromatic carbocycles. The van der Waals surface area contributed by atoms with Crippen LogP contribution >= 0.6 is 11.3 Å². The van der Waals surface area contributed by atoms with E-state index in [1.807, 2.05) is 23.7 Å². The molecular formula is C18H23N3O2S. The van der Waals surface area contributed by atoms with Gasteiger partial charge in [-0.25, -0.2) is 0 Å². The van der Waals surface area contributed by atoms with E-state index in [-0.39, 0.29) is 11.9 Å². The molecule has 1 aliphatic heterocycles. The molecule has 1 N–H and O–H groups in total.